The fourth-order valence-corrected chi connectivity index (χ4v) is 6.57. The van der Waals surface area contributed by atoms with Crippen molar-refractivity contribution >= 4 is 29.3 Å². The third-order valence-electron chi connectivity index (χ3n) is 8.23. The number of benzene rings is 2. The maximum Gasteiger partial charge on any atom is 0.255 e. The largest absolute Gasteiger partial charge is 0.489 e. The van der Waals surface area contributed by atoms with Crippen molar-refractivity contribution in [1.82, 2.24) is 15.1 Å². The minimum absolute atomic E-state index is 0.0415. The fourth-order valence-electron chi connectivity index (χ4n) is 6.24. The summed E-state index contributed by atoms with van der Waals surface area (Å²) >= 11 is 6.29. The molecule has 9 heteroatoms. The summed E-state index contributed by atoms with van der Waals surface area (Å²) in [7, 11) is 0. The quantitative estimate of drug-likeness (QED) is 0.596. The van der Waals surface area contributed by atoms with Gasteiger partial charge in [0.15, 0.2) is 0 Å². The van der Waals surface area contributed by atoms with E-state index in [1.165, 1.54) is 12.1 Å². The van der Waals surface area contributed by atoms with Crippen LogP contribution in [0.4, 0.5) is 4.39 Å². The summed E-state index contributed by atoms with van der Waals surface area (Å²) in [5.74, 6) is -0.182. The van der Waals surface area contributed by atoms with Crippen LogP contribution in [0.2, 0.25) is 5.02 Å². The second-order valence-electron chi connectivity index (χ2n) is 10.5. The number of rotatable bonds is 5. The summed E-state index contributed by atoms with van der Waals surface area (Å²) in [5, 5.41) is 2.83. The molecule has 37 heavy (non-hydrogen) atoms. The van der Waals surface area contributed by atoms with Crippen molar-refractivity contribution in [2.75, 3.05) is 13.1 Å². The van der Waals surface area contributed by atoms with Crippen molar-refractivity contribution in [2.45, 2.75) is 69.2 Å². The normalized spacial score (nSPS) is 26.6. The second-order valence-corrected chi connectivity index (χ2v) is 11.0. The molecular weight excluding hydrogens is 497 g/mol. The van der Waals surface area contributed by atoms with Gasteiger partial charge in [0.2, 0.25) is 11.8 Å². The summed E-state index contributed by atoms with van der Waals surface area (Å²) in [6.45, 7) is 2.07. The van der Waals surface area contributed by atoms with Gasteiger partial charge in [-0.15, -0.1) is 0 Å². The highest BCUT2D eigenvalue weighted by Gasteiger charge is 2.41. The number of fused-ring (bicyclic) bond motifs is 1. The zero-order valence-corrected chi connectivity index (χ0v) is 21.2. The first kappa shape index (κ1) is 24.4. The number of amides is 3. The predicted molar refractivity (Wildman–Crippen MR) is 135 cm³/mol. The maximum absolute atomic E-state index is 13.4. The van der Waals surface area contributed by atoms with E-state index in [-0.39, 0.29) is 30.2 Å². The van der Waals surface area contributed by atoms with Crippen LogP contribution in [0.1, 0.15) is 65.9 Å². The number of hydrogen-bond acceptors (Lipinski definition) is 5. The molecule has 1 N–H and O–H groups in total. The number of imide groups is 1. The van der Waals surface area contributed by atoms with Crippen LogP contribution in [0.3, 0.4) is 0 Å². The number of piperidine rings is 1. The Hall–Kier alpha value is -2.97. The molecular formula is C28H29ClFN3O4. The number of hydrogen-bond donors (Lipinski definition) is 1. The lowest BCUT2D eigenvalue weighted by atomic mass is 9.84. The molecule has 0 spiro atoms. The van der Waals surface area contributed by atoms with Gasteiger partial charge in [-0.1, -0.05) is 24.1 Å². The Morgan fingerprint density at radius 1 is 1.00 bits per heavy atom. The lowest BCUT2D eigenvalue weighted by molar-refractivity contribution is -0.136. The minimum atomic E-state index is -0.626. The average Bonchev–Trinajstić information content (AvgIpc) is 3.16. The zero-order valence-electron chi connectivity index (χ0n) is 20.4. The van der Waals surface area contributed by atoms with Crippen LogP contribution in [0.25, 0.3) is 0 Å². The Balaban J connectivity index is 1.12. The fraction of sp³-hybridized carbons (Fsp3) is 0.464. The SMILES string of the molecule is O=C1CCC(N2Cc3cc(O[C@H]4CCCC[C@@H]4N4CC(c5ccc(F)cc5Cl)C4)ccc3C2=O)C(=O)N1. The number of carbonyl (C=O) groups is 3. The molecule has 3 atom stereocenters. The van der Waals surface area contributed by atoms with E-state index in [9.17, 15) is 18.8 Å². The molecule has 0 aromatic heterocycles. The molecule has 3 aliphatic heterocycles. The second kappa shape index (κ2) is 9.72. The molecule has 6 rings (SSSR count). The Labute approximate surface area is 219 Å². The first-order valence-corrected chi connectivity index (χ1v) is 13.4. The van der Waals surface area contributed by atoms with Crippen molar-refractivity contribution in [3.05, 3.63) is 63.9 Å². The molecule has 0 bridgehead atoms. The topological polar surface area (TPSA) is 79.0 Å². The number of nitrogens with one attached hydrogen (secondary N) is 1. The van der Waals surface area contributed by atoms with E-state index in [0.717, 1.165) is 55.6 Å². The standard InChI is InChI=1S/C28H29ClFN3O4/c29-22-12-18(30)5-7-20(22)17-13-32(14-17)23-3-1-2-4-25(23)37-19-6-8-21-16(11-19)15-33(28(21)36)24-9-10-26(34)31-27(24)35/h5-8,11-12,17,23-25H,1-4,9-10,13-15H2,(H,31,34,35)/t23-,24?,25-/m0/s1. The molecule has 194 valence electrons. The monoisotopic (exact) mass is 525 g/mol. The van der Waals surface area contributed by atoms with Crippen LogP contribution in [-0.4, -0.2) is 58.8 Å². The molecule has 1 aliphatic carbocycles. The van der Waals surface area contributed by atoms with E-state index >= 15 is 0 Å². The molecule has 1 unspecified atom stereocenters. The Kier molecular flexibility index (Phi) is 6.41. The van der Waals surface area contributed by atoms with E-state index in [0.29, 0.717) is 35.5 Å². The van der Waals surface area contributed by atoms with Gasteiger partial charge in [0, 0.05) is 48.6 Å². The van der Waals surface area contributed by atoms with Gasteiger partial charge >= 0.3 is 0 Å². The molecule has 3 amide bonds. The summed E-state index contributed by atoms with van der Waals surface area (Å²) in [6, 6.07) is 9.85. The predicted octanol–water partition coefficient (Wildman–Crippen LogP) is 4.03. The Morgan fingerprint density at radius 2 is 1.81 bits per heavy atom. The van der Waals surface area contributed by atoms with Crippen LogP contribution in [0, 0.1) is 5.82 Å². The molecule has 0 radical (unpaired) electrons. The molecule has 2 saturated heterocycles. The van der Waals surface area contributed by atoms with Crippen molar-refractivity contribution in [1.29, 1.82) is 0 Å². The number of halogens is 2. The first-order chi connectivity index (χ1) is 17.9. The van der Waals surface area contributed by atoms with Gasteiger partial charge < -0.3 is 9.64 Å². The highest BCUT2D eigenvalue weighted by atomic mass is 35.5. The van der Waals surface area contributed by atoms with Gasteiger partial charge in [-0.05, 0) is 67.1 Å². The average molecular weight is 526 g/mol. The Bertz CT molecular complexity index is 1260. The molecule has 3 heterocycles. The summed E-state index contributed by atoms with van der Waals surface area (Å²) < 4.78 is 20.0. The van der Waals surface area contributed by atoms with Gasteiger partial charge in [0.25, 0.3) is 5.91 Å². The summed E-state index contributed by atoms with van der Waals surface area (Å²) in [6.07, 6.45) is 4.90. The zero-order chi connectivity index (χ0) is 25.7. The van der Waals surface area contributed by atoms with Crippen LogP contribution in [0.15, 0.2) is 36.4 Å². The highest BCUT2D eigenvalue weighted by Crippen LogP contribution is 2.38. The van der Waals surface area contributed by atoms with Crippen LogP contribution in [-0.2, 0) is 16.1 Å². The number of carbonyl (C=O) groups excluding carboxylic acids is 3. The maximum atomic E-state index is 13.4. The molecule has 3 fully saturated rings. The molecule has 2 aromatic rings. The minimum Gasteiger partial charge on any atom is -0.489 e. The van der Waals surface area contributed by atoms with Gasteiger partial charge in [0.1, 0.15) is 23.7 Å². The van der Waals surface area contributed by atoms with Crippen LogP contribution >= 0.6 is 11.6 Å². The number of nitrogens with zero attached hydrogens (tertiary/aromatic N) is 2. The lowest BCUT2D eigenvalue weighted by Crippen LogP contribution is -2.57. The van der Waals surface area contributed by atoms with Crippen LogP contribution < -0.4 is 10.1 Å². The molecule has 7 nitrogen and oxygen atoms in total. The van der Waals surface area contributed by atoms with Gasteiger partial charge in [-0.3, -0.25) is 24.6 Å². The van der Waals surface area contributed by atoms with Crippen molar-refractivity contribution in [2.24, 2.45) is 0 Å². The molecule has 2 aromatic carbocycles. The summed E-state index contributed by atoms with van der Waals surface area (Å²) in [4.78, 5) is 40.8. The third kappa shape index (κ3) is 4.61. The lowest BCUT2D eigenvalue weighted by Gasteiger charge is -2.48. The van der Waals surface area contributed by atoms with Crippen molar-refractivity contribution < 1.29 is 23.5 Å². The van der Waals surface area contributed by atoms with E-state index in [1.54, 1.807) is 17.0 Å². The van der Waals surface area contributed by atoms with E-state index in [1.807, 2.05) is 12.1 Å². The number of likely N-dealkylation sites (tertiary alicyclic amines) is 1. The smallest absolute Gasteiger partial charge is 0.255 e. The van der Waals surface area contributed by atoms with Gasteiger partial charge in [-0.25, -0.2) is 4.39 Å². The van der Waals surface area contributed by atoms with E-state index in [2.05, 4.69) is 10.2 Å². The molecule has 4 aliphatic rings. The van der Waals surface area contributed by atoms with Crippen LogP contribution in [0.5, 0.6) is 5.75 Å². The third-order valence-corrected chi connectivity index (χ3v) is 8.56. The van der Waals surface area contributed by atoms with Crippen molar-refractivity contribution in [3.8, 4) is 5.75 Å². The number of ether oxygens (including phenoxy) is 1. The van der Waals surface area contributed by atoms with Crippen molar-refractivity contribution in [3.63, 3.8) is 0 Å². The Morgan fingerprint density at radius 3 is 2.59 bits per heavy atom. The van der Waals surface area contributed by atoms with Gasteiger partial charge in [-0.2, -0.15) is 0 Å². The van der Waals surface area contributed by atoms with Gasteiger partial charge in [0.05, 0.1) is 0 Å². The summed E-state index contributed by atoms with van der Waals surface area (Å²) in [5.41, 5.74) is 2.42. The van der Waals surface area contributed by atoms with E-state index in [4.69, 9.17) is 16.3 Å². The van der Waals surface area contributed by atoms with E-state index < -0.39 is 11.9 Å². The molecule has 1 saturated carbocycles. The first-order valence-electron chi connectivity index (χ1n) is 13.0. The highest BCUT2D eigenvalue weighted by molar-refractivity contribution is 6.31.